The van der Waals surface area contributed by atoms with Crippen LogP contribution in [0, 0.1) is 0 Å². The third-order valence-corrected chi connectivity index (χ3v) is 3.53. The van der Waals surface area contributed by atoms with Gasteiger partial charge in [0, 0.05) is 12.3 Å². The largest absolute Gasteiger partial charge is 0.476 e. The first kappa shape index (κ1) is 12.7. The van der Waals surface area contributed by atoms with Crippen LogP contribution in [0.3, 0.4) is 0 Å². The highest BCUT2D eigenvalue weighted by molar-refractivity contribution is 6.30. The van der Waals surface area contributed by atoms with Gasteiger partial charge in [-0.15, -0.1) is 0 Å². The summed E-state index contributed by atoms with van der Waals surface area (Å²) in [5.74, 6) is 0.600. The quantitative estimate of drug-likeness (QED) is 0.843. The van der Waals surface area contributed by atoms with Crippen LogP contribution in [0.5, 0.6) is 5.88 Å². The molecule has 0 aliphatic heterocycles. The van der Waals surface area contributed by atoms with Crippen LogP contribution in [0.2, 0.25) is 5.02 Å². The lowest BCUT2D eigenvalue weighted by molar-refractivity contribution is 0.193. The number of hydrogen-bond acceptors (Lipinski definition) is 3. The summed E-state index contributed by atoms with van der Waals surface area (Å²) in [5, 5.41) is 0.620. The van der Waals surface area contributed by atoms with E-state index in [0.717, 1.165) is 12.8 Å². The number of nitrogens with two attached hydrogens (primary N) is 1. The van der Waals surface area contributed by atoms with Crippen LogP contribution in [0.1, 0.15) is 38.5 Å². The van der Waals surface area contributed by atoms with E-state index in [1.165, 1.54) is 25.7 Å². The first-order valence-corrected chi connectivity index (χ1v) is 6.59. The van der Waals surface area contributed by atoms with Gasteiger partial charge in [0.1, 0.15) is 6.61 Å². The molecule has 1 aliphatic rings. The van der Waals surface area contributed by atoms with Gasteiger partial charge in [-0.2, -0.15) is 0 Å². The zero-order chi connectivity index (χ0) is 12.1. The molecule has 0 unspecified atom stereocenters. The van der Waals surface area contributed by atoms with Gasteiger partial charge in [0.2, 0.25) is 5.88 Å². The highest BCUT2D eigenvalue weighted by Gasteiger charge is 2.27. The van der Waals surface area contributed by atoms with Gasteiger partial charge in [0.05, 0.1) is 10.6 Å². The fourth-order valence-electron chi connectivity index (χ4n) is 2.24. The zero-order valence-electron chi connectivity index (χ0n) is 9.99. The van der Waals surface area contributed by atoms with E-state index < -0.39 is 0 Å². The summed E-state index contributed by atoms with van der Waals surface area (Å²) in [5.41, 5.74) is 6.18. The Balaban J connectivity index is 1.89. The number of halogens is 1. The first-order valence-electron chi connectivity index (χ1n) is 6.21. The summed E-state index contributed by atoms with van der Waals surface area (Å²) < 4.78 is 5.66. The van der Waals surface area contributed by atoms with Gasteiger partial charge < -0.3 is 10.5 Å². The Morgan fingerprint density at radius 3 is 2.53 bits per heavy atom. The van der Waals surface area contributed by atoms with Crippen LogP contribution < -0.4 is 10.5 Å². The molecule has 1 aromatic rings. The predicted molar refractivity (Wildman–Crippen MR) is 69.4 cm³/mol. The molecule has 0 radical (unpaired) electrons. The highest BCUT2D eigenvalue weighted by atomic mass is 35.5. The molecule has 3 nitrogen and oxygen atoms in total. The molecule has 0 spiro atoms. The van der Waals surface area contributed by atoms with Crippen LogP contribution in [0.25, 0.3) is 0 Å². The van der Waals surface area contributed by atoms with Crippen LogP contribution in [-0.2, 0) is 0 Å². The minimum atomic E-state index is -0.183. The first-order chi connectivity index (χ1) is 8.18. The van der Waals surface area contributed by atoms with E-state index >= 15 is 0 Å². The van der Waals surface area contributed by atoms with Gasteiger partial charge in [-0.1, -0.05) is 37.3 Å². The van der Waals surface area contributed by atoms with E-state index in [1.54, 1.807) is 18.3 Å². The van der Waals surface area contributed by atoms with Crippen molar-refractivity contribution in [3.63, 3.8) is 0 Å². The number of nitrogens with zero attached hydrogens (tertiary/aromatic N) is 1. The van der Waals surface area contributed by atoms with Crippen LogP contribution in [-0.4, -0.2) is 17.1 Å². The van der Waals surface area contributed by atoms with Crippen molar-refractivity contribution in [3.05, 3.63) is 23.4 Å². The summed E-state index contributed by atoms with van der Waals surface area (Å²) in [6, 6.07) is 3.56. The minimum absolute atomic E-state index is 0.183. The Labute approximate surface area is 107 Å². The number of ether oxygens (including phenoxy) is 1. The molecule has 17 heavy (non-hydrogen) atoms. The number of aromatic nitrogens is 1. The monoisotopic (exact) mass is 254 g/mol. The molecule has 0 amide bonds. The van der Waals surface area contributed by atoms with Crippen LogP contribution in [0.15, 0.2) is 18.3 Å². The molecule has 1 heterocycles. The second-order valence-electron chi connectivity index (χ2n) is 4.88. The van der Waals surface area contributed by atoms with E-state index in [1.807, 2.05) is 0 Å². The number of pyridine rings is 1. The van der Waals surface area contributed by atoms with Crippen molar-refractivity contribution in [2.75, 3.05) is 6.61 Å². The van der Waals surface area contributed by atoms with Gasteiger partial charge in [-0.25, -0.2) is 4.98 Å². The van der Waals surface area contributed by atoms with Gasteiger partial charge in [-0.05, 0) is 18.9 Å². The van der Waals surface area contributed by atoms with E-state index in [9.17, 15) is 0 Å². The Kier molecular flexibility index (Phi) is 4.24. The highest BCUT2D eigenvalue weighted by Crippen LogP contribution is 2.25. The fourth-order valence-corrected chi connectivity index (χ4v) is 2.35. The summed E-state index contributed by atoms with van der Waals surface area (Å²) in [4.78, 5) is 4.11. The Morgan fingerprint density at radius 2 is 1.94 bits per heavy atom. The van der Waals surface area contributed by atoms with E-state index in [0.29, 0.717) is 17.5 Å². The lowest BCUT2D eigenvalue weighted by Gasteiger charge is -2.27. The Morgan fingerprint density at radius 1 is 1.24 bits per heavy atom. The molecule has 1 fully saturated rings. The second kappa shape index (κ2) is 5.69. The maximum Gasteiger partial charge on any atom is 0.213 e. The topological polar surface area (TPSA) is 48.1 Å². The second-order valence-corrected chi connectivity index (χ2v) is 5.32. The summed E-state index contributed by atoms with van der Waals surface area (Å²) in [6.07, 6.45) is 8.66. The molecular formula is C13H19ClN2O. The molecule has 94 valence electrons. The van der Waals surface area contributed by atoms with E-state index in [-0.39, 0.29) is 5.54 Å². The van der Waals surface area contributed by atoms with Crippen molar-refractivity contribution in [2.45, 2.75) is 44.1 Å². The van der Waals surface area contributed by atoms with Crippen LogP contribution in [0.4, 0.5) is 0 Å². The van der Waals surface area contributed by atoms with Crippen molar-refractivity contribution in [1.29, 1.82) is 0 Å². The summed E-state index contributed by atoms with van der Waals surface area (Å²) >= 11 is 5.77. The molecule has 1 aromatic heterocycles. The normalized spacial score (nSPS) is 19.6. The van der Waals surface area contributed by atoms with Gasteiger partial charge >= 0.3 is 0 Å². The molecule has 2 rings (SSSR count). The maximum atomic E-state index is 6.36. The van der Waals surface area contributed by atoms with Crippen LogP contribution >= 0.6 is 11.6 Å². The lowest BCUT2D eigenvalue weighted by Crippen LogP contribution is -2.45. The average Bonchev–Trinajstić information content (AvgIpc) is 2.54. The molecule has 1 saturated carbocycles. The van der Waals surface area contributed by atoms with Crippen molar-refractivity contribution in [2.24, 2.45) is 5.73 Å². The van der Waals surface area contributed by atoms with E-state index in [4.69, 9.17) is 22.1 Å². The summed E-state index contributed by atoms with van der Waals surface area (Å²) in [6.45, 7) is 0.543. The molecule has 1 aliphatic carbocycles. The lowest BCUT2D eigenvalue weighted by atomic mass is 9.93. The van der Waals surface area contributed by atoms with Crippen molar-refractivity contribution in [3.8, 4) is 5.88 Å². The summed E-state index contributed by atoms with van der Waals surface area (Å²) in [7, 11) is 0. The third kappa shape index (κ3) is 3.86. The maximum absolute atomic E-state index is 6.36. The molecule has 2 N–H and O–H groups in total. The molecule has 0 atom stereocenters. The third-order valence-electron chi connectivity index (χ3n) is 3.31. The molecule has 0 bridgehead atoms. The van der Waals surface area contributed by atoms with Gasteiger partial charge in [-0.3, -0.25) is 0 Å². The van der Waals surface area contributed by atoms with Crippen molar-refractivity contribution in [1.82, 2.24) is 4.98 Å². The van der Waals surface area contributed by atoms with Gasteiger partial charge in [0.15, 0.2) is 0 Å². The Hall–Kier alpha value is -0.800. The van der Waals surface area contributed by atoms with Crippen molar-refractivity contribution < 1.29 is 4.74 Å². The SMILES string of the molecule is NC1(COc2ccc(Cl)cn2)CCCCCC1. The fraction of sp³-hybridized carbons (Fsp3) is 0.615. The van der Waals surface area contributed by atoms with Crippen molar-refractivity contribution >= 4 is 11.6 Å². The average molecular weight is 255 g/mol. The van der Waals surface area contributed by atoms with E-state index in [2.05, 4.69) is 4.98 Å². The van der Waals surface area contributed by atoms with Gasteiger partial charge in [0.25, 0.3) is 0 Å². The molecular weight excluding hydrogens is 236 g/mol. The molecule has 0 saturated heterocycles. The zero-order valence-corrected chi connectivity index (χ0v) is 10.7. The standard InChI is InChI=1S/C13H19ClN2O/c14-11-5-6-12(16-9-11)17-10-13(15)7-3-1-2-4-8-13/h5-6,9H,1-4,7-8,10,15H2. The number of rotatable bonds is 3. The minimum Gasteiger partial charge on any atom is -0.476 e. The predicted octanol–water partition coefficient (Wildman–Crippen LogP) is 3.17. The number of hydrogen-bond donors (Lipinski definition) is 1. The smallest absolute Gasteiger partial charge is 0.213 e. The Bertz CT molecular complexity index is 345. The molecule has 4 heteroatoms. The molecule has 0 aromatic carbocycles.